The van der Waals surface area contributed by atoms with E-state index in [1.54, 1.807) is 0 Å². The molecular weight excluding hydrogens is 176 g/mol. The van der Waals surface area contributed by atoms with Crippen LogP contribution < -0.4 is 5.11 Å². The average Bonchev–Trinajstić information content (AvgIpc) is 2.11. The molecule has 0 aliphatic heterocycles. The van der Waals surface area contributed by atoms with Crippen LogP contribution in [0.4, 0.5) is 0 Å². The van der Waals surface area contributed by atoms with E-state index in [0.717, 1.165) is 22.3 Å². The van der Waals surface area contributed by atoms with Crippen molar-refractivity contribution in [3.63, 3.8) is 0 Å². The summed E-state index contributed by atoms with van der Waals surface area (Å²) in [5.41, 5.74) is 5.27. The molecule has 0 radical (unpaired) electrons. The number of hydrogen-bond donors (Lipinski definition) is 0. The van der Waals surface area contributed by atoms with Crippen LogP contribution in [-0.4, -0.2) is 5.97 Å². The van der Waals surface area contributed by atoms with Crippen molar-refractivity contribution in [3.05, 3.63) is 33.4 Å². The molecule has 0 amide bonds. The van der Waals surface area contributed by atoms with Crippen LogP contribution in [0.5, 0.6) is 0 Å². The number of rotatable bonds is 1. The summed E-state index contributed by atoms with van der Waals surface area (Å²) in [7, 11) is 0. The second-order valence-electron chi connectivity index (χ2n) is 3.79. The van der Waals surface area contributed by atoms with E-state index in [9.17, 15) is 9.90 Å². The zero-order valence-corrected chi connectivity index (χ0v) is 9.32. The van der Waals surface area contributed by atoms with Crippen molar-refractivity contribution in [3.8, 4) is 0 Å². The van der Waals surface area contributed by atoms with Gasteiger partial charge in [-0.1, -0.05) is 0 Å². The Labute approximate surface area is 84.6 Å². The maximum absolute atomic E-state index is 10.9. The molecule has 0 saturated carbocycles. The average molecular weight is 191 g/mol. The molecule has 0 saturated heterocycles. The Morgan fingerprint density at radius 1 is 0.786 bits per heavy atom. The summed E-state index contributed by atoms with van der Waals surface area (Å²) in [6, 6.07) is 0. The molecule has 2 heteroatoms. The minimum absolute atomic E-state index is 0.352. The normalized spacial score (nSPS) is 10.4. The summed E-state index contributed by atoms with van der Waals surface area (Å²) < 4.78 is 0. The van der Waals surface area contributed by atoms with E-state index in [-0.39, 0.29) is 0 Å². The molecule has 0 fully saturated rings. The highest BCUT2D eigenvalue weighted by molar-refractivity contribution is 5.90. The van der Waals surface area contributed by atoms with Crippen molar-refractivity contribution >= 4 is 5.97 Å². The van der Waals surface area contributed by atoms with E-state index in [1.807, 2.05) is 34.6 Å². The highest BCUT2D eigenvalue weighted by Gasteiger charge is 2.12. The van der Waals surface area contributed by atoms with Crippen molar-refractivity contribution in [2.24, 2.45) is 0 Å². The molecule has 2 nitrogen and oxygen atoms in total. The van der Waals surface area contributed by atoms with Crippen molar-refractivity contribution < 1.29 is 9.90 Å². The van der Waals surface area contributed by atoms with E-state index < -0.39 is 5.97 Å². The summed E-state index contributed by atoms with van der Waals surface area (Å²) in [5.74, 6) is -1.08. The highest BCUT2D eigenvalue weighted by atomic mass is 16.4. The Hall–Kier alpha value is -1.31. The number of carbonyl (C=O) groups is 1. The fourth-order valence-electron chi connectivity index (χ4n) is 1.81. The fourth-order valence-corrected chi connectivity index (χ4v) is 1.81. The molecule has 0 atom stereocenters. The van der Waals surface area contributed by atoms with Gasteiger partial charge in [0.1, 0.15) is 0 Å². The summed E-state index contributed by atoms with van der Waals surface area (Å²) in [4.78, 5) is 10.9. The van der Waals surface area contributed by atoms with Crippen LogP contribution in [0.1, 0.15) is 38.2 Å². The molecule has 0 unspecified atom stereocenters. The van der Waals surface area contributed by atoms with Gasteiger partial charge in [0.25, 0.3) is 0 Å². The second-order valence-corrected chi connectivity index (χ2v) is 3.79. The van der Waals surface area contributed by atoms with Crippen molar-refractivity contribution in [2.75, 3.05) is 0 Å². The van der Waals surface area contributed by atoms with E-state index in [4.69, 9.17) is 0 Å². The maximum atomic E-state index is 10.9. The lowest BCUT2D eigenvalue weighted by molar-refractivity contribution is -0.255. The van der Waals surface area contributed by atoms with Gasteiger partial charge >= 0.3 is 0 Å². The van der Waals surface area contributed by atoms with Crippen LogP contribution >= 0.6 is 0 Å². The summed E-state index contributed by atoms with van der Waals surface area (Å²) in [6.07, 6.45) is 0. The Morgan fingerprint density at radius 3 is 1.36 bits per heavy atom. The lowest BCUT2D eigenvalue weighted by Crippen LogP contribution is -2.25. The Balaban J connectivity index is 3.68. The summed E-state index contributed by atoms with van der Waals surface area (Å²) >= 11 is 0. The second kappa shape index (κ2) is 3.45. The first-order valence-electron chi connectivity index (χ1n) is 4.66. The first-order chi connectivity index (χ1) is 6.37. The largest absolute Gasteiger partial charge is 0.545 e. The van der Waals surface area contributed by atoms with Crippen LogP contribution in [0, 0.1) is 34.6 Å². The van der Waals surface area contributed by atoms with E-state index in [0.29, 0.717) is 5.56 Å². The smallest absolute Gasteiger partial charge is 0.0720 e. The third-order valence-corrected chi connectivity index (χ3v) is 3.20. The molecular formula is C12H15O2-. The van der Waals surface area contributed by atoms with Gasteiger partial charge in [-0.2, -0.15) is 0 Å². The Bertz CT molecular complexity index is 374. The van der Waals surface area contributed by atoms with Gasteiger partial charge in [-0.05, 0) is 62.4 Å². The van der Waals surface area contributed by atoms with E-state index in [1.165, 1.54) is 5.56 Å². The fraction of sp³-hybridized carbons (Fsp3) is 0.417. The van der Waals surface area contributed by atoms with Gasteiger partial charge in [-0.15, -0.1) is 0 Å². The number of aromatic carboxylic acids is 1. The van der Waals surface area contributed by atoms with Gasteiger partial charge in [-0.25, -0.2) is 0 Å². The Morgan fingerprint density at radius 2 is 1.07 bits per heavy atom. The summed E-state index contributed by atoms with van der Waals surface area (Å²) in [6.45, 7) is 9.58. The molecule has 0 aromatic heterocycles. The third-order valence-electron chi connectivity index (χ3n) is 3.20. The molecule has 76 valence electrons. The van der Waals surface area contributed by atoms with Gasteiger partial charge in [0.05, 0.1) is 5.97 Å². The monoisotopic (exact) mass is 191 g/mol. The third kappa shape index (κ3) is 1.41. The number of carbonyl (C=O) groups excluding carboxylic acids is 1. The van der Waals surface area contributed by atoms with E-state index in [2.05, 4.69) is 0 Å². The zero-order valence-electron chi connectivity index (χ0n) is 9.32. The van der Waals surface area contributed by atoms with Gasteiger partial charge in [-0.3, -0.25) is 0 Å². The van der Waals surface area contributed by atoms with Gasteiger partial charge in [0, 0.05) is 5.56 Å². The number of benzene rings is 1. The van der Waals surface area contributed by atoms with Crippen molar-refractivity contribution in [2.45, 2.75) is 34.6 Å². The van der Waals surface area contributed by atoms with Crippen molar-refractivity contribution in [1.82, 2.24) is 0 Å². The van der Waals surface area contributed by atoms with E-state index >= 15 is 0 Å². The van der Waals surface area contributed by atoms with Crippen LogP contribution in [0.3, 0.4) is 0 Å². The van der Waals surface area contributed by atoms with Gasteiger partial charge < -0.3 is 9.90 Å². The summed E-state index contributed by atoms with van der Waals surface area (Å²) in [5, 5.41) is 10.9. The first kappa shape index (κ1) is 10.8. The molecule has 0 bridgehead atoms. The SMILES string of the molecule is Cc1c(C)c(C)c(C(=O)[O-])c(C)c1C. The number of carboxylic acid groups (broad SMARTS) is 1. The Kier molecular flexibility index (Phi) is 2.65. The minimum Gasteiger partial charge on any atom is -0.545 e. The molecule has 0 N–H and O–H groups in total. The van der Waals surface area contributed by atoms with Crippen molar-refractivity contribution in [1.29, 1.82) is 0 Å². The topological polar surface area (TPSA) is 40.1 Å². The van der Waals surface area contributed by atoms with Crippen LogP contribution in [-0.2, 0) is 0 Å². The predicted octanol–water partition coefficient (Wildman–Crippen LogP) is 1.59. The highest BCUT2D eigenvalue weighted by Crippen LogP contribution is 2.25. The van der Waals surface area contributed by atoms with Crippen LogP contribution in [0.25, 0.3) is 0 Å². The molecule has 0 heterocycles. The quantitative estimate of drug-likeness (QED) is 0.676. The van der Waals surface area contributed by atoms with Gasteiger partial charge in [0.2, 0.25) is 0 Å². The number of carboxylic acids is 1. The standard InChI is InChI=1S/C12H16O2/c1-6-7(2)9(4)11(12(13)14)10(5)8(6)3/h1-5H3,(H,13,14)/p-1. The molecule has 1 rings (SSSR count). The molecule has 0 aliphatic rings. The van der Waals surface area contributed by atoms with Crippen LogP contribution in [0.2, 0.25) is 0 Å². The lowest BCUT2D eigenvalue weighted by atomic mass is 9.90. The molecule has 0 aliphatic carbocycles. The maximum Gasteiger partial charge on any atom is 0.0720 e. The molecule has 1 aromatic carbocycles. The minimum atomic E-state index is -1.08. The molecule has 0 spiro atoms. The molecule has 14 heavy (non-hydrogen) atoms. The lowest BCUT2D eigenvalue weighted by Gasteiger charge is -2.18. The molecule has 1 aromatic rings. The zero-order chi connectivity index (χ0) is 11.0. The predicted molar refractivity (Wildman–Crippen MR) is 54.5 cm³/mol. The van der Waals surface area contributed by atoms with Gasteiger partial charge in [0.15, 0.2) is 0 Å². The number of hydrogen-bond acceptors (Lipinski definition) is 2. The van der Waals surface area contributed by atoms with Crippen LogP contribution in [0.15, 0.2) is 0 Å². The first-order valence-corrected chi connectivity index (χ1v) is 4.66.